The number of ether oxygens (including phenoxy) is 1. The third-order valence-electron chi connectivity index (χ3n) is 4.39. The normalized spacial score (nSPS) is 11.3. The monoisotopic (exact) mass is 373 g/mol. The molecule has 0 spiro atoms. The van der Waals surface area contributed by atoms with Crippen molar-refractivity contribution in [1.29, 1.82) is 0 Å². The van der Waals surface area contributed by atoms with Crippen LogP contribution in [0.5, 0.6) is 5.75 Å². The van der Waals surface area contributed by atoms with Crippen molar-refractivity contribution in [2.24, 2.45) is 0 Å². The van der Waals surface area contributed by atoms with Crippen molar-refractivity contribution in [2.75, 3.05) is 6.61 Å². The molecule has 1 aromatic heterocycles. The maximum absolute atomic E-state index is 14.4. The smallest absolute Gasteiger partial charge is 0.303 e. The Labute approximate surface area is 156 Å². The van der Waals surface area contributed by atoms with Crippen molar-refractivity contribution in [3.8, 4) is 16.9 Å². The quantitative estimate of drug-likeness (QED) is 0.563. The molecule has 2 aromatic carbocycles. The number of carbonyl (C=O) groups is 1. The molecule has 0 unspecified atom stereocenters. The molecule has 1 heterocycles. The fourth-order valence-electron chi connectivity index (χ4n) is 3.04. The first kappa shape index (κ1) is 18.9. The zero-order valence-corrected chi connectivity index (χ0v) is 15.2. The number of aromatic nitrogens is 1. The molecule has 142 valence electrons. The van der Waals surface area contributed by atoms with Gasteiger partial charge in [0.15, 0.2) is 17.4 Å². The summed E-state index contributed by atoms with van der Waals surface area (Å²) in [7, 11) is 0. The molecule has 0 radical (unpaired) electrons. The third kappa shape index (κ3) is 4.10. The van der Waals surface area contributed by atoms with Crippen LogP contribution in [0.1, 0.15) is 32.7 Å². The van der Waals surface area contributed by atoms with E-state index in [1.54, 1.807) is 0 Å². The Kier molecular flexibility index (Phi) is 5.44. The van der Waals surface area contributed by atoms with Gasteiger partial charge in [0, 0.05) is 24.2 Å². The molecule has 0 saturated heterocycles. The van der Waals surface area contributed by atoms with Gasteiger partial charge in [-0.25, -0.2) is 8.78 Å². The summed E-state index contributed by atoms with van der Waals surface area (Å²) >= 11 is 0. The molecule has 0 fully saturated rings. The van der Waals surface area contributed by atoms with E-state index in [0.717, 1.165) is 10.9 Å². The first-order chi connectivity index (χ1) is 12.9. The molecule has 0 atom stereocenters. The number of benzene rings is 2. The summed E-state index contributed by atoms with van der Waals surface area (Å²) in [6.07, 6.45) is 2.06. The second kappa shape index (κ2) is 7.78. The van der Waals surface area contributed by atoms with Crippen LogP contribution in [0.15, 0.2) is 42.6 Å². The third-order valence-corrected chi connectivity index (χ3v) is 4.39. The summed E-state index contributed by atoms with van der Waals surface area (Å²) in [6, 6.07) is 10.4. The molecule has 0 aliphatic heterocycles. The van der Waals surface area contributed by atoms with Gasteiger partial charge in [0.2, 0.25) is 0 Å². The lowest BCUT2D eigenvalue weighted by molar-refractivity contribution is -0.137. The standard InChI is InChI=1S/C21H21F2NO3/c1-13(2)24-8-7-14-5-6-15(12-19(14)24)16-10-17(22)21(18(23)11-16)27-9-3-4-20(25)26/h5-8,10-13H,3-4,9H2,1-2H3,(H,25,26). The highest BCUT2D eigenvalue weighted by molar-refractivity contribution is 5.85. The first-order valence-corrected chi connectivity index (χ1v) is 8.81. The van der Waals surface area contributed by atoms with Crippen molar-refractivity contribution in [2.45, 2.75) is 32.7 Å². The van der Waals surface area contributed by atoms with E-state index in [1.165, 1.54) is 12.1 Å². The van der Waals surface area contributed by atoms with Crippen LogP contribution >= 0.6 is 0 Å². The summed E-state index contributed by atoms with van der Waals surface area (Å²) in [5.74, 6) is -3.06. The van der Waals surface area contributed by atoms with Crippen molar-refractivity contribution in [3.05, 3.63) is 54.2 Å². The van der Waals surface area contributed by atoms with Crippen molar-refractivity contribution >= 4 is 16.9 Å². The topological polar surface area (TPSA) is 51.5 Å². The fourth-order valence-corrected chi connectivity index (χ4v) is 3.04. The highest BCUT2D eigenvalue weighted by atomic mass is 19.1. The Morgan fingerprint density at radius 2 is 1.81 bits per heavy atom. The molecule has 0 bridgehead atoms. The summed E-state index contributed by atoms with van der Waals surface area (Å²) in [5.41, 5.74) is 2.12. The molecule has 0 saturated carbocycles. The predicted molar refractivity (Wildman–Crippen MR) is 100 cm³/mol. The Balaban J connectivity index is 1.88. The lowest BCUT2D eigenvalue weighted by atomic mass is 10.0. The number of fused-ring (bicyclic) bond motifs is 1. The van der Waals surface area contributed by atoms with E-state index in [4.69, 9.17) is 9.84 Å². The van der Waals surface area contributed by atoms with Gasteiger partial charge in [0.05, 0.1) is 6.61 Å². The zero-order valence-electron chi connectivity index (χ0n) is 15.2. The molecular formula is C21H21F2NO3. The van der Waals surface area contributed by atoms with Crippen LogP contribution in [0, 0.1) is 11.6 Å². The fraction of sp³-hybridized carbons (Fsp3) is 0.286. The van der Waals surface area contributed by atoms with E-state index in [0.29, 0.717) is 11.1 Å². The Morgan fingerprint density at radius 1 is 1.11 bits per heavy atom. The van der Waals surface area contributed by atoms with Gasteiger partial charge in [-0.3, -0.25) is 4.79 Å². The lowest BCUT2D eigenvalue weighted by Gasteiger charge is -2.12. The maximum Gasteiger partial charge on any atom is 0.303 e. The average Bonchev–Trinajstić information content (AvgIpc) is 3.03. The molecule has 3 aromatic rings. The van der Waals surface area contributed by atoms with E-state index in [-0.39, 0.29) is 25.5 Å². The number of rotatable bonds is 7. The molecule has 6 heteroatoms. The van der Waals surface area contributed by atoms with Gasteiger partial charge in [-0.1, -0.05) is 12.1 Å². The highest BCUT2D eigenvalue weighted by Gasteiger charge is 2.15. The molecule has 0 amide bonds. The van der Waals surface area contributed by atoms with Gasteiger partial charge >= 0.3 is 5.97 Å². The molecular weight excluding hydrogens is 352 g/mol. The SMILES string of the molecule is CC(C)n1ccc2ccc(-c3cc(F)c(OCCCC(=O)O)c(F)c3)cc21. The van der Waals surface area contributed by atoms with Gasteiger partial charge in [0.25, 0.3) is 0 Å². The van der Waals surface area contributed by atoms with Gasteiger partial charge in [-0.15, -0.1) is 0 Å². The molecule has 0 aliphatic carbocycles. The van der Waals surface area contributed by atoms with E-state index >= 15 is 0 Å². The van der Waals surface area contributed by atoms with Gasteiger partial charge in [-0.05, 0) is 61.0 Å². The van der Waals surface area contributed by atoms with E-state index < -0.39 is 23.4 Å². The number of hydrogen-bond acceptors (Lipinski definition) is 2. The molecule has 4 nitrogen and oxygen atoms in total. The summed E-state index contributed by atoms with van der Waals surface area (Å²) in [4.78, 5) is 10.5. The van der Waals surface area contributed by atoms with Crippen LogP contribution in [-0.2, 0) is 4.79 Å². The van der Waals surface area contributed by atoms with Gasteiger partial charge in [0.1, 0.15) is 0 Å². The maximum atomic E-state index is 14.4. The summed E-state index contributed by atoms with van der Waals surface area (Å²) in [5, 5.41) is 9.65. The number of aliphatic carboxylic acids is 1. The Hall–Kier alpha value is -2.89. The van der Waals surface area contributed by atoms with Crippen LogP contribution in [0.2, 0.25) is 0 Å². The zero-order chi connectivity index (χ0) is 19.6. The van der Waals surface area contributed by atoms with Crippen LogP contribution in [0.25, 0.3) is 22.0 Å². The molecule has 3 rings (SSSR count). The number of carboxylic acid groups (broad SMARTS) is 1. The van der Waals surface area contributed by atoms with Crippen molar-refractivity contribution < 1.29 is 23.4 Å². The number of carboxylic acids is 1. The van der Waals surface area contributed by atoms with Crippen molar-refractivity contribution in [3.63, 3.8) is 0 Å². The van der Waals surface area contributed by atoms with Crippen LogP contribution < -0.4 is 4.74 Å². The number of nitrogens with zero attached hydrogens (tertiary/aromatic N) is 1. The Morgan fingerprint density at radius 3 is 2.44 bits per heavy atom. The van der Waals surface area contributed by atoms with E-state index in [2.05, 4.69) is 18.4 Å². The first-order valence-electron chi connectivity index (χ1n) is 8.81. The number of halogens is 2. The second-order valence-electron chi connectivity index (χ2n) is 6.71. The van der Waals surface area contributed by atoms with Crippen LogP contribution in [0.4, 0.5) is 8.78 Å². The van der Waals surface area contributed by atoms with Crippen LogP contribution in [0.3, 0.4) is 0 Å². The second-order valence-corrected chi connectivity index (χ2v) is 6.71. The average molecular weight is 373 g/mol. The minimum atomic E-state index is -0.976. The minimum Gasteiger partial charge on any atom is -0.488 e. The lowest BCUT2D eigenvalue weighted by Crippen LogP contribution is -2.05. The van der Waals surface area contributed by atoms with Crippen LogP contribution in [-0.4, -0.2) is 22.2 Å². The summed E-state index contributed by atoms with van der Waals surface area (Å²) in [6.45, 7) is 4.08. The van der Waals surface area contributed by atoms with Gasteiger partial charge in [-0.2, -0.15) is 0 Å². The van der Waals surface area contributed by atoms with E-state index in [9.17, 15) is 13.6 Å². The molecule has 27 heavy (non-hydrogen) atoms. The predicted octanol–water partition coefficient (Wildman–Crippen LogP) is 5.41. The Bertz CT molecular complexity index is 956. The highest BCUT2D eigenvalue weighted by Crippen LogP contribution is 2.31. The number of hydrogen-bond donors (Lipinski definition) is 1. The molecule has 1 N–H and O–H groups in total. The molecule has 0 aliphatic rings. The van der Waals surface area contributed by atoms with E-state index in [1.807, 2.05) is 30.5 Å². The largest absolute Gasteiger partial charge is 0.488 e. The van der Waals surface area contributed by atoms with Crippen molar-refractivity contribution in [1.82, 2.24) is 4.57 Å². The minimum absolute atomic E-state index is 0.0622. The van der Waals surface area contributed by atoms with Gasteiger partial charge < -0.3 is 14.4 Å². The summed E-state index contributed by atoms with van der Waals surface area (Å²) < 4.78 is 35.9.